The maximum Gasteiger partial charge on any atom is 0.416 e. The Balaban J connectivity index is 3.01. The van der Waals surface area contributed by atoms with Gasteiger partial charge in [-0.25, -0.2) is 18.4 Å². The first-order valence-electron chi connectivity index (χ1n) is 5.39. The fourth-order valence-corrected chi connectivity index (χ4v) is 1.35. The van der Waals surface area contributed by atoms with E-state index in [0.29, 0.717) is 18.2 Å². The molecule has 0 aromatic heterocycles. The molecular weight excluding hydrogens is 303 g/mol. The quantitative estimate of drug-likeness (QED) is 0.748. The summed E-state index contributed by atoms with van der Waals surface area (Å²) in [5, 5.41) is 12.3. The molecule has 1 rings (SSSR count). The average molecular weight is 312 g/mol. The summed E-state index contributed by atoms with van der Waals surface area (Å²) in [7, 11) is 0. The molecule has 116 valence electrons. The number of amides is 2. The first-order valence-corrected chi connectivity index (χ1v) is 5.39. The van der Waals surface area contributed by atoms with Gasteiger partial charge in [0, 0.05) is 0 Å². The van der Waals surface area contributed by atoms with Gasteiger partial charge in [0.05, 0.1) is 23.4 Å². The average Bonchev–Trinajstić information content (AvgIpc) is 2.34. The van der Waals surface area contributed by atoms with Crippen LogP contribution in [-0.4, -0.2) is 30.1 Å². The molecule has 21 heavy (non-hydrogen) atoms. The highest BCUT2D eigenvalue weighted by Crippen LogP contribution is 2.32. The zero-order valence-corrected chi connectivity index (χ0v) is 10.2. The number of carbonyl (C=O) groups excluding carboxylic acids is 1. The number of alkyl halides is 5. The Bertz CT molecular complexity index is 545. The van der Waals surface area contributed by atoms with Gasteiger partial charge in [-0.3, -0.25) is 0 Å². The lowest BCUT2D eigenvalue weighted by atomic mass is 10.1. The molecule has 5 nitrogen and oxygen atoms in total. The number of carbonyl (C=O) groups is 2. The van der Waals surface area contributed by atoms with Crippen molar-refractivity contribution in [3.05, 3.63) is 29.3 Å². The van der Waals surface area contributed by atoms with Gasteiger partial charge in [0.2, 0.25) is 0 Å². The summed E-state index contributed by atoms with van der Waals surface area (Å²) >= 11 is 0. The van der Waals surface area contributed by atoms with Crippen molar-refractivity contribution < 1.29 is 36.6 Å². The molecule has 1 aromatic rings. The molecule has 3 N–H and O–H groups in total. The second kappa shape index (κ2) is 6.37. The summed E-state index contributed by atoms with van der Waals surface area (Å²) in [6.07, 6.45) is -7.59. The summed E-state index contributed by atoms with van der Waals surface area (Å²) < 4.78 is 61.3. The van der Waals surface area contributed by atoms with E-state index >= 15 is 0 Å². The van der Waals surface area contributed by atoms with E-state index in [1.54, 1.807) is 10.6 Å². The normalized spacial score (nSPS) is 11.3. The molecule has 0 aliphatic rings. The van der Waals surface area contributed by atoms with Gasteiger partial charge >= 0.3 is 18.2 Å². The summed E-state index contributed by atoms with van der Waals surface area (Å²) in [5.74, 6) is -1.58. The third-order valence-corrected chi connectivity index (χ3v) is 2.24. The monoisotopic (exact) mass is 312 g/mol. The standard InChI is InChI=1S/C11H9F5N2O3/c12-8(13)4-17-10(21)18-7-3-5(11(14,15)16)1-2-6(7)9(19)20/h1-3,8H,4H2,(H,19,20)(H2,17,18,21). The lowest BCUT2D eigenvalue weighted by Crippen LogP contribution is -2.33. The molecule has 0 saturated heterocycles. The van der Waals surface area contributed by atoms with Crippen LogP contribution in [0.1, 0.15) is 15.9 Å². The molecule has 0 aliphatic heterocycles. The number of aromatic carboxylic acids is 1. The molecule has 0 saturated carbocycles. The number of hydrogen-bond donors (Lipinski definition) is 3. The summed E-state index contributed by atoms with van der Waals surface area (Å²) in [4.78, 5) is 22.1. The molecule has 0 heterocycles. The number of halogens is 5. The minimum absolute atomic E-state index is 0.408. The minimum atomic E-state index is -4.74. The van der Waals surface area contributed by atoms with Gasteiger partial charge in [-0.15, -0.1) is 0 Å². The predicted octanol–water partition coefficient (Wildman–Crippen LogP) is 2.79. The van der Waals surface area contributed by atoms with Crippen LogP contribution in [0, 0.1) is 0 Å². The molecule has 0 aliphatic carbocycles. The van der Waals surface area contributed by atoms with E-state index in [0.717, 1.165) is 0 Å². The maximum atomic E-state index is 12.5. The first kappa shape index (κ1) is 16.7. The predicted molar refractivity (Wildman–Crippen MR) is 61.4 cm³/mol. The lowest BCUT2D eigenvalue weighted by Gasteiger charge is -2.13. The largest absolute Gasteiger partial charge is 0.478 e. The summed E-state index contributed by atoms with van der Waals surface area (Å²) in [6.45, 7) is -1.02. The zero-order valence-electron chi connectivity index (χ0n) is 10.2. The van der Waals surface area contributed by atoms with Crippen LogP contribution in [0.4, 0.5) is 32.4 Å². The third-order valence-electron chi connectivity index (χ3n) is 2.24. The Morgan fingerprint density at radius 1 is 1.24 bits per heavy atom. The van der Waals surface area contributed by atoms with Crippen LogP contribution in [-0.2, 0) is 6.18 Å². The van der Waals surface area contributed by atoms with Gasteiger partial charge in [0.25, 0.3) is 6.43 Å². The molecule has 0 radical (unpaired) electrons. The van der Waals surface area contributed by atoms with Gasteiger partial charge < -0.3 is 15.7 Å². The van der Waals surface area contributed by atoms with Gasteiger partial charge in [-0.2, -0.15) is 13.2 Å². The number of urea groups is 1. The van der Waals surface area contributed by atoms with Gasteiger partial charge in [0.15, 0.2) is 0 Å². The highest BCUT2D eigenvalue weighted by molar-refractivity contribution is 6.00. The Hall–Kier alpha value is -2.39. The second-order valence-electron chi connectivity index (χ2n) is 3.79. The Labute approximate surface area is 114 Å². The van der Waals surface area contributed by atoms with Crippen LogP contribution < -0.4 is 10.6 Å². The molecular formula is C11H9F5N2O3. The second-order valence-corrected chi connectivity index (χ2v) is 3.79. The van der Waals surface area contributed by atoms with Crippen molar-refractivity contribution in [2.45, 2.75) is 12.6 Å². The van der Waals surface area contributed by atoms with E-state index in [9.17, 15) is 31.5 Å². The van der Waals surface area contributed by atoms with Crippen molar-refractivity contribution >= 4 is 17.7 Å². The molecule has 0 spiro atoms. The topological polar surface area (TPSA) is 78.4 Å². The van der Waals surface area contributed by atoms with E-state index in [1.807, 2.05) is 0 Å². The van der Waals surface area contributed by atoms with Crippen LogP contribution in [0.25, 0.3) is 0 Å². The third kappa shape index (κ3) is 4.89. The van der Waals surface area contributed by atoms with Crippen LogP contribution in [0.5, 0.6) is 0 Å². The van der Waals surface area contributed by atoms with Crippen molar-refractivity contribution in [1.29, 1.82) is 0 Å². The molecule has 0 unspecified atom stereocenters. The van der Waals surface area contributed by atoms with Gasteiger partial charge in [-0.1, -0.05) is 0 Å². The number of rotatable bonds is 4. The van der Waals surface area contributed by atoms with E-state index in [4.69, 9.17) is 5.11 Å². The van der Waals surface area contributed by atoms with E-state index < -0.39 is 48.0 Å². The first-order chi connectivity index (χ1) is 9.61. The smallest absolute Gasteiger partial charge is 0.416 e. The van der Waals surface area contributed by atoms with E-state index in [1.165, 1.54) is 0 Å². The van der Waals surface area contributed by atoms with Crippen molar-refractivity contribution in [3.63, 3.8) is 0 Å². The van der Waals surface area contributed by atoms with Gasteiger partial charge in [0.1, 0.15) is 0 Å². The van der Waals surface area contributed by atoms with Crippen LogP contribution in [0.2, 0.25) is 0 Å². The number of hydrogen-bond acceptors (Lipinski definition) is 2. The molecule has 1 aromatic carbocycles. The maximum absolute atomic E-state index is 12.5. The Morgan fingerprint density at radius 3 is 2.33 bits per heavy atom. The lowest BCUT2D eigenvalue weighted by molar-refractivity contribution is -0.137. The van der Waals surface area contributed by atoms with Crippen molar-refractivity contribution in [1.82, 2.24) is 5.32 Å². The highest BCUT2D eigenvalue weighted by Gasteiger charge is 2.31. The molecule has 2 amide bonds. The molecule has 0 bridgehead atoms. The number of carboxylic acid groups (broad SMARTS) is 1. The van der Waals surface area contributed by atoms with E-state index in [2.05, 4.69) is 0 Å². The summed E-state index contributed by atoms with van der Waals surface area (Å²) in [5.41, 5.74) is -2.43. The number of benzene rings is 1. The molecule has 0 atom stereocenters. The molecule has 0 fully saturated rings. The number of anilines is 1. The zero-order chi connectivity index (χ0) is 16.2. The van der Waals surface area contributed by atoms with Crippen molar-refractivity contribution in [2.75, 3.05) is 11.9 Å². The van der Waals surface area contributed by atoms with E-state index in [-0.39, 0.29) is 0 Å². The molecule has 10 heteroatoms. The highest BCUT2D eigenvalue weighted by atomic mass is 19.4. The van der Waals surface area contributed by atoms with Gasteiger partial charge in [-0.05, 0) is 18.2 Å². The number of nitrogens with one attached hydrogen (secondary N) is 2. The summed E-state index contributed by atoms with van der Waals surface area (Å²) in [6, 6.07) is 0.363. The Kier molecular flexibility index (Phi) is 5.06. The van der Waals surface area contributed by atoms with Crippen molar-refractivity contribution in [3.8, 4) is 0 Å². The fourth-order valence-electron chi connectivity index (χ4n) is 1.35. The Morgan fingerprint density at radius 2 is 1.86 bits per heavy atom. The SMILES string of the molecule is O=C(NCC(F)F)Nc1cc(C(F)(F)F)ccc1C(=O)O. The van der Waals surface area contributed by atoms with Crippen LogP contribution in [0.15, 0.2) is 18.2 Å². The van der Waals surface area contributed by atoms with Crippen LogP contribution >= 0.6 is 0 Å². The number of carboxylic acids is 1. The van der Waals surface area contributed by atoms with Crippen molar-refractivity contribution in [2.24, 2.45) is 0 Å². The fraction of sp³-hybridized carbons (Fsp3) is 0.273. The minimum Gasteiger partial charge on any atom is -0.478 e. The van der Waals surface area contributed by atoms with Crippen LogP contribution in [0.3, 0.4) is 0 Å².